The second-order valence-electron chi connectivity index (χ2n) is 13.5. The van der Waals surface area contributed by atoms with Crippen LogP contribution in [0, 0.1) is 11.8 Å². The third-order valence-corrected chi connectivity index (χ3v) is 10.5. The lowest BCUT2D eigenvalue weighted by Gasteiger charge is -2.37. The number of carbonyl (C=O) groups excluding carboxylic acids is 4. The van der Waals surface area contributed by atoms with Gasteiger partial charge in [0, 0.05) is 39.2 Å². The van der Waals surface area contributed by atoms with Gasteiger partial charge in [-0.2, -0.15) is 0 Å². The van der Waals surface area contributed by atoms with Crippen molar-refractivity contribution in [3.8, 4) is 0 Å². The number of ether oxygens (including phenoxy) is 2. The first-order valence-corrected chi connectivity index (χ1v) is 17.4. The Hall–Kier alpha value is -3.50. The summed E-state index contributed by atoms with van der Waals surface area (Å²) in [5.41, 5.74) is -0.602. The normalized spacial score (nSPS) is 32.6. The number of aliphatic hydroxyl groups excluding tert-OH is 1. The number of cyclic esters (lactones) is 1. The molecule has 4 heterocycles. The van der Waals surface area contributed by atoms with Crippen molar-refractivity contribution in [3.05, 3.63) is 60.2 Å². The molecule has 4 aliphatic heterocycles. The summed E-state index contributed by atoms with van der Waals surface area (Å²) in [5.74, 6) is -3.04. The minimum atomic E-state index is -1.35. The molecule has 1 spiro atoms. The monoisotopic (exact) mass is 649 g/mol. The number of fused-ring (bicyclic) bond motifs is 2. The Balaban J connectivity index is 1.56. The third kappa shape index (κ3) is 6.77. The van der Waals surface area contributed by atoms with Gasteiger partial charge in [-0.15, -0.1) is 0 Å². The number of carbonyl (C=O) groups is 4. The van der Waals surface area contributed by atoms with E-state index in [1.807, 2.05) is 67.3 Å². The lowest BCUT2D eigenvalue weighted by molar-refractivity contribution is -0.164. The molecular formula is C37H51N3O7. The molecule has 8 atom stereocenters. The predicted molar refractivity (Wildman–Crippen MR) is 177 cm³/mol. The van der Waals surface area contributed by atoms with Crippen molar-refractivity contribution in [2.75, 3.05) is 26.7 Å². The van der Waals surface area contributed by atoms with Crippen LogP contribution in [0.1, 0.15) is 83.8 Å². The highest BCUT2D eigenvalue weighted by Gasteiger charge is 2.71. The summed E-state index contributed by atoms with van der Waals surface area (Å²) < 4.78 is 13.2. The number of aliphatic hydroxyl groups is 1. The van der Waals surface area contributed by atoms with Crippen molar-refractivity contribution < 1.29 is 33.8 Å². The number of unbranched alkanes of at least 4 members (excludes halogenated alkanes) is 3. The molecule has 5 rings (SSSR count). The van der Waals surface area contributed by atoms with Crippen LogP contribution in [-0.4, -0.2) is 100 Å². The molecule has 10 nitrogen and oxygen atoms in total. The van der Waals surface area contributed by atoms with Gasteiger partial charge in [0.1, 0.15) is 23.7 Å². The molecule has 2 saturated heterocycles. The highest BCUT2D eigenvalue weighted by atomic mass is 16.6. The van der Waals surface area contributed by atoms with E-state index in [9.17, 15) is 24.3 Å². The third-order valence-electron chi connectivity index (χ3n) is 10.5. The molecule has 0 radical (unpaired) electrons. The molecule has 10 heteroatoms. The summed E-state index contributed by atoms with van der Waals surface area (Å²) in [6.07, 6.45) is 11.2. The van der Waals surface area contributed by atoms with Crippen LogP contribution >= 0.6 is 0 Å². The number of amides is 3. The first-order chi connectivity index (χ1) is 22.7. The highest BCUT2D eigenvalue weighted by Crippen LogP contribution is 2.53. The minimum absolute atomic E-state index is 0.0324. The molecule has 1 unspecified atom stereocenters. The summed E-state index contributed by atoms with van der Waals surface area (Å²) in [4.78, 5) is 61.9. The minimum Gasteiger partial charge on any atom is -0.455 e. The fourth-order valence-electron chi connectivity index (χ4n) is 7.86. The molecule has 0 saturated carbocycles. The second-order valence-corrected chi connectivity index (χ2v) is 13.5. The zero-order valence-electron chi connectivity index (χ0n) is 28.3. The van der Waals surface area contributed by atoms with Gasteiger partial charge in [-0.05, 0) is 45.1 Å². The molecule has 4 aliphatic rings. The van der Waals surface area contributed by atoms with E-state index in [1.165, 1.54) is 0 Å². The first-order valence-electron chi connectivity index (χ1n) is 17.4. The first kappa shape index (κ1) is 34.8. The van der Waals surface area contributed by atoms with Crippen molar-refractivity contribution >= 4 is 23.7 Å². The fraction of sp³-hybridized carbons (Fsp3) is 0.622. The van der Waals surface area contributed by atoms with Gasteiger partial charge in [0.05, 0.1) is 18.1 Å². The largest absolute Gasteiger partial charge is 0.455 e. The van der Waals surface area contributed by atoms with E-state index in [-0.39, 0.29) is 36.8 Å². The van der Waals surface area contributed by atoms with Crippen LogP contribution in [0.2, 0.25) is 0 Å². The van der Waals surface area contributed by atoms with Crippen molar-refractivity contribution in [2.24, 2.45) is 11.8 Å². The number of hydrogen-bond donors (Lipinski definition) is 1. The van der Waals surface area contributed by atoms with Gasteiger partial charge in [-0.3, -0.25) is 19.2 Å². The fourth-order valence-corrected chi connectivity index (χ4v) is 7.86. The van der Waals surface area contributed by atoms with E-state index in [1.54, 1.807) is 22.9 Å². The quantitative estimate of drug-likeness (QED) is 0.230. The summed E-state index contributed by atoms with van der Waals surface area (Å²) >= 11 is 0. The van der Waals surface area contributed by atoms with Gasteiger partial charge >= 0.3 is 5.97 Å². The predicted octanol–water partition coefficient (Wildman–Crippen LogP) is 4.19. The maximum Gasteiger partial charge on any atom is 0.313 e. The van der Waals surface area contributed by atoms with E-state index in [0.717, 1.165) is 31.2 Å². The zero-order chi connectivity index (χ0) is 33.7. The second kappa shape index (κ2) is 15.2. The molecule has 47 heavy (non-hydrogen) atoms. The van der Waals surface area contributed by atoms with Crippen LogP contribution in [0.15, 0.2) is 54.6 Å². The number of likely N-dealkylation sites (N-methyl/N-ethyl adjacent to an activating group) is 1. The van der Waals surface area contributed by atoms with Crippen LogP contribution in [-0.2, 0) is 28.7 Å². The maximum atomic E-state index is 14.6. The average molecular weight is 650 g/mol. The van der Waals surface area contributed by atoms with Crippen LogP contribution in [0.25, 0.3) is 0 Å². The van der Waals surface area contributed by atoms with Gasteiger partial charge in [-0.25, -0.2) is 0 Å². The smallest absolute Gasteiger partial charge is 0.313 e. The van der Waals surface area contributed by atoms with Gasteiger partial charge in [0.15, 0.2) is 0 Å². The molecule has 1 N–H and O–H groups in total. The van der Waals surface area contributed by atoms with E-state index in [2.05, 4.69) is 6.92 Å². The van der Waals surface area contributed by atoms with Gasteiger partial charge in [0.25, 0.3) is 0 Å². The molecule has 3 amide bonds. The molecule has 1 aromatic rings. The number of rotatable bonds is 10. The van der Waals surface area contributed by atoms with E-state index < -0.39 is 47.7 Å². The molecule has 0 bridgehead atoms. The van der Waals surface area contributed by atoms with Crippen molar-refractivity contribution in [3.63, 3.8) is 0 Å². The van der Waals surface area contributed by atoms with Crippen LogP contribution < -0.4 is 0 Å². The van der Waals surface area contributed by atoms with Crippen LogP contribution in [0.5, 0.6) is 0 Å². The molecular weight excluding hydrogens is 598 g/mol. The Kier molecular flexibility index (Phi) is 11.2. The Labute approximate surface area is 278 Å². The summed E-state index contributed by atoms with van der Waals surface area (Å²) in [6, 6.07) is 7.93. The Morgan fingerprint density at radius 1 is 1.02 bits per heavy atom. The number of esters is 1. The average Bonchev–Trinajstić information content (AvgIpc) is 3.44. The molecule has 1 aromatic carbocycles. The van der Waals surface area contributed by atoms with Gasteiger partial charge < -0.3 is 29.3 Å². The van der Waals surface area contributed by atoms with Crippen molar-refractivity contribution in [1.82, 2.24) is 14.7 Å². The number of likely N-dealkylation sites (tertiary alicyclic amines) is 1. The van der Waals surface area contributed by atoms with E-state index >= 15 is 0 Å². The Morgan fingerprint density at radius 2 is 1.77 bits per heavy atom. The summed E-state index contributed by atoms with van der Waals surface area (Å²) in [5, 5.41) is 9.25. The molecule has 2 fully saturated rings. The van der Waals surface area contributed by atoms with Crippen molar-refractivity contribution in [1.29, 1.82) is 0 Å². The summed E-state index contributed by atoms with van der Waals surface area (Å²) in [6.45, 7) is 6.84. The van der Waals surface area contributed by atoms with Crippen LogP contribution in [0.4, 0.5) is 0 Å². The lowest BCUT2D eigenvalue weighted by atomic mass is 9.77. The molecule has 256 valence electrons. The molecule has 0 aromatic heterocycles. The lowest BCUT2D eigenvalue weighted by Crippen LogP contribution is -2.56. The van der Waals surface area contributed by atoms with Gasteiger partial charge in [-0.1, -0.05) is 80.8 Å². The van der Waals surface area contributed by atoms with Crippen LogP contribution in [0.3, 0.4) is 0 Å². The Morgan fingerprint density at radius 3 is 2.49 bits per heavy atom. The highest BCUT2D eigenvalue weighted by molar-refractivity contribution is 5.99. The maximum absolute atomic E-state index is 14.6. The number of allylic oxidation sites excluding steroid dienone is 1. The SMILES string of the molecule is CCCC(C)N1CC=C[C@]23O[C@@H]4/C=C\CCC(=O)N(C)[C@H](C)[C@@H](c5ccccc5)OC(=O)[C@@H]4[C@H]2C(=O)N(CCCCCCO)[C@@H]3C1=O. The van der Waals surface area contributed by atoms with Gasteiger partial charge in [0.2, 0.25) is 17.7 Å². The summed E-state index contributed by atoms with van der Waals surface area (Å²) in [7, 11) is 1.72. The van der Waals surface area contributed by atoms with E-state index in [0.29, 0.717) is 32.4 Å². The number of benzene rings is 1. The zero-order valence-corrected chi connectivity index (χ0v) is 28.3. The topological polar surface area (TPSA) is 117 Å². The number of nitrogens with zero attached hydrogens (tertiary/aromatic N) is 3. The van der Waals surface area contributed by atoms with Crippen molar-refractivity contribution in [2.45, 2.75) is 108 Å². The molecule has 0 aliphatic carbocycles. The standard InChI is InChI=1S/C37H51N3O7/c1-5-16-25(2)39-23-15-21-37-31(34(43)40(33(37)35(39)44)22-13-6-7-14-24-41)30-28(47-37)19-11-12-20-29(42)38(4)26(3)32(46-36(30)45)27-17-9-8-10-18-27/h8-11,15,17-19,21,25-26,28,30-33,41H,5-7,12-14,16,20,22-24H2,1-4H3/b19-11-/t25?,26-,28-,30+,31+,32+,33-,37+/m1/s1. The Bertz CT molecular complexity index is 1350. The van der Waals surface area contributed by atoms with E-state index in [4.69, 9.17) is 9.47 Å². The number of hydrogen-bond acceptors (Lipinski definition) is 7.